The quantitative estimate of drug-likeness (QED) is 0.913. The Kier molecular flexibility index (Phi) is 4.51. The van der Waals surface area contributed by atoms with E-state index in [1.807, 2.05) is 23.8 Å². The van der Waals surface area contributed by atoms with E-state index in [1.165, 1.54) is 5.56 Å². The van der Waals surface area contributed by atoms with E-state index in [1.54, 1.807) is 6.33 Å². The fourth-order valence-corrected chi connectivity index (χ4v) is 3.13. The molecule has 0 saturated carbocycles. The van der Waals surface area contributed by atoms with Gasteiger partial charge in [0.05, 0.1) is 11.5 Å². The maximum Gasteiger partial charge on any atom is 0.137 e. The largest absolute Gasteiger partial charge is 0.386 e. The first-order chi connectivity index (χ1) is 11.6. The third-order valence-electron chi connectivity index (χ3n) is 4.22. The molecule has 0 radical (unpaired) electrons. The second kappa shape index (κ2) is 6.74. The van der Waals surface area contributed by atoms with Crippen molar-refractivity contribution in [2.24, 2.45) is 10.7 Å². The van der Waals surface area contributed by atoms with E-state index >= 15 is 0 Å². The van der Waals surface area contributed by atoms with E-state index < -0.39 is 0 Å². The van der Waals surface area contributed by atoms with Crippen LogP contribution in [0.25, 0.3) is 0 Å². The molecule has 1 atom stereocenters. The maximum absolute atomic E-state index is 5.87. The van der Waals surface area contributed by atoms with E-state index in [2.05, 4.69) is 48.1 Å². The van der Waals surface area contributed by atoms with Gasteiger partial charge in [-0.15, -0.1) is 0 Å². The molecule has 1 unspecified atom stereocenters. The molecule has 0 fully saturated rings. The molecule has 24 heavy (non-hydrogen) atoms. The highest BCUT2D eigenvalue weighted by molar-refractivity contribution is 6.00. The van der Waals surface area contributed by atoms with Gasteiger partial charge in [-0.25, -0.2) is 4.98 Å². The monoisotopic (exact) mass is 321 g/mol. The number of nitrogens with one attached hydrogen (secondary N) is 1. The summed E-state index contributed by atoms with van der Waals surface area (Å²) in [6, 6.07) is 10.4. The summed E-state index contributed by atoms with van der Waals surface area (Å²) in [5.41, 5.74) is 10.2. The van der Waals surface area contributed by atoms with Gasteiger partial charge in [-0.05, 0) is 25.8 Å². The second-order valence-corrected chi connectivity index (χ2v) is 6.07. The molecule has 0 aliphatic carbocycles. The number of hydrogen-bond acceptors (Lipinski definition) is 4. The number of allylic oxidation sites excluding steroid dienone is 2. The predicted octanol–water partition coefficient (Wildman–Crippen LogP) is 2.92. The minimum Gasteiger partial charge on any atom is -0.386 e. The van der Waals surface area contributed by atoms with Crippen molar-refractivity contribution < 1.29 is 0 Å². The summed E-state index contributed by atoms with van der Waals surface area (Å²) in [4.78, 5) is 9.11. The third kappa shape index (κ3) is 3.25. The molecule has 1 aliphatic heterocycles. The Labute approximate surface area is 142 Å². The molecule has 1 aromatic heterocycles. The highest BCUT2D eigenvalue weighted by Crippen LogP contribution is 2.31. The number of imidazole rings is 1. The van der Waals surface area contributed by atoms with Crippen LogP contribution in [0.2, 0.25) is 0 Å². The van der Waals surface area contributed by atoms with Crippen molar-refractivity contribution in [1.29, 1.82) is 0 Å². The van der Waals surface area contributed by atoms with Gasteiger partial charge in [0, 0.05) is 29.9 Å². The van der Waals surface area contributed by atoms with E-state index in [0.29, 0.717) is 5.82 Å². The molecule has 1 aliphatic rings. The predicted molar refractivity (Wildman–Crippen MR) is 97.6 cm³/mol. The zero-order valence-electron chi connectivity index (χ0n) is 14.2. The fourth-order valence-electron chi connectivity index (χ4n) is 3.13. The number of rotatable bonds is 3. The lowest BCUT2D eigenvalue weighted by Crippen LogP contribution is -2.26. The number of aliphatic imine (C=N–C) groups is 1. The van der Waals surface area contributed by atoms with Crippen LogP contribution in [0, 0.1) is 6.92 Å². The van der Waals surface area contributed by atoms with Gasteiger partial charge in [-0.3, -0.25) is 9.56 Å². The molecule has 3 rings (SSSR count). The van der Waals surface area contributed by atoms with E-state index in [0.717, 1.165) is 35.8 Å². The second-order valence-electron chi connectivity index (χ2n) is 6.07. The number of nitrogens with two attached hydrogens (primary N) is 1. The number of hydrogen-bond donors (Lipinski definition) is 2. The van der Waals surface area contributed by atoms with Crippen LogP contribution in [0.5, 0.6) is 0 Å². The molecule has 0 saturated heterocycles. The van der Waals surface area contributed by atoms with E-state index in [9.17, 15) is 0 Å². The Morgan fingerprint density at radius 2 is 2.04 bits per heavy atom. The zero-order valence-corrected chi connectivity index (χ0v) is 14.2. The van der Waals surface area contributed by atoms with Crippen molar-refractivity contribution in [3.8, 4) is 0 Å². The highest BCUT2D eigenvalue weighted by atomic mass is 15.1. The summed E-state index contributed by atoms with van der Waals surface area (Å²) >= 11 is 0. The molecular weight excluding hydrogens is 298 g/mol. The standard InChI is InChI=1S/C19H23N5/c1-13-11-24(12-22-13)19-14(2)18(23-15(3)20)17(9-10-21-19)16-7-5-4-6-8-16/h4-8,11-12,17,23H,3,9-10,20H2,1-2H3. The van der Waals surface area contributed by atoms with Crippen molar-refractivity contribution in [1.82, 2.24) is 14.9 Å². The Morgan fingerprint density at radius 1 is 1.29 bits per heavy atom. The van der Waals surface area contributed by atoms with Crippen molar-refractivity contribution in [2.45, 2.75) is 26.2 Å². The van der Waals surface area contributed by atoms with Gasteiger partial charge in [0.15, 0.2) is 0 Å². The normalized spacial score (nSPS) is 18.1. The summed E-state index contributed by atoms with van der Waals surface area (Å²) < 4.78 is 1.97. The van der Waals surface area contributed by atoms with Gasteiger partial charge in [-0.1, -0.05) is 36.9 Å². The van der Waals surface area contributed by atoms with E-state index in [-0.39, 0.29) is 5.92 Å². The van der Waals surface area contributed by atoms with Gasteiger partial charge < -0.3 is 11.1 Å². The lowest BCUT2D eigenvalue weighted by molar-refractivity contribution is 0.674. The minimum absolute atomic E-state index is 0.206. The molecule has 124 valence electrons. The number of nitrogens with zero attached hydrogens (tertiary/aromatic N) is 3. The molecule has 2 aromatic rings. The number of aryl methyl sites for hydroxylation is 1. The summed E-state index contributed by atoms with van der Waals surface area (Å²) in [6.07, 6.45) is 4.70. The summed E-state index contributed by atoms with van der Waals surface area (Å²) in [7, 11) is 0. The van der Waals surface area contributed by atoms with Gasteiger partial charge in [-0.2, -0.15) is 0 Å². The lowest BCUT2D eigenvalue weighted by atomic mass is 9.90. The summed E-state index contributed by atoms with van der Waals surface area (Å²) in [6.45, 7) is 8.60. The first-order valence-corrected chi connectivity index (χ1v) is 8.09. The molecule has 5 heteroatoms. The van der Waals surface area contributed by atoms with Crippen LogP contribution >= 0.6 is 0 Å². The molecule has 0 amide bonds. The summed E-state index contributed by atoms with van der Waals surface area (Å²) in [5, 5.41) is 3.27. The van der Waals surface area contributed by atoms with Crippen molar-refractivity contribution in [2.75, 3.05) is 6.54 Å². The van der Waals surface area contributed by atoms with Crippen LogP contribution in [0.3, 0.4) is 0 Å². The molecule has 0 bridgehead atoms. The maximum atomic E-state index is 5.87. The van der Waals surface area contributed by atoms with Crippen LogP contribution < -0.4 is 11.1 Å². The van der Waals surface area contributed by atoms with Crippen molar-refractivity contribution in [3.05, 3.63) is 77.8 Å². The minimum atomic E-state index is 0.206. The number of benzene rings is 1. The van der Waals surface area contributed by atoms with Crippen molar-refractivity contribution >= 4 is 5.84 Å². The third-order valence-corrected chi connectivity index (χ3v) is 4.22. The van der Waals surface area contributed by atoms with Crippen LogP contribution in [-0.4, -0.2) is 21.9 Å². The number of aromatic nitrogens is 2. The van der Waals surface area contributed by atoms with Gasteiger partial charge in [0.1, 0.15) is 12.2 Å². The van der Waals surface area contributed by atoms with Crippen LogP contribution in [0.4, 0.5) is 0 Å². The highest BCUT2D eigenvalue weighted by Gasteiger charge is 2.24. The van der Waals surface area contributed by atoms with Gasteiger partial charge >= 0.3 is 0 Å². The van der Waals surface area contributed by atoms with Crippen LogP contribution in [0.1, 0.15) is 30.5 Å². The first kappa shape index (κ1) is 16.1. The Bertz CT molecular complexity index is 798. The Hall–Kier alpha value is -2.82. The fraction of sp³-hybridized carbons (Fsp3) is 0.263. The Balaban J connectivity index is 2.08. The molecule has 1 aromatic carbocycles. The smallest absolute Gasteiger partial charge is 0.137 e. The molecule has 5 nitrogen and oxygen atoms in total. The molecule has 3 N–H and O–H groups in total. The molecular formula is C19H23N5. The molecule has 0 spiro atoms. The lowest BCUT2D eigenvalue weighted by Gasteiger charge is -2.23. The van der Waals surface area contributed by atoms with Crippen molar-refractivity contribution in [3.63, 3.8) is 0 Å². The molecule has 2 heterocycles. The Morgan fingerprint density at radius 3 is 2.67 bits per heavy atom. The van der Waals surface area contributed by atoms with Crippen LogP contribution in [-0.2, 0) is 0 Å². The SMILES string of the molecule is C=C(N)NC1=C(C)C(n2cnc(C)c2)=NCCC1c1ccccc1. The van der Waals surface area contributed by atoms with Gasteiger partial charge in [0.2, 0.25) is 0 Å². The average Bonchev–Trinajstić information content (AvgIpc) is 2.92. The van der Waals surface area contributed by atoms with Crippen LogP contribution in [0.15, 0.2) is 71.5 Å². The van der Waals surface area contributed by atoms with Gasteiger partial charge in [0.25, 0.3) is 0 Å². The van der Waals surface area contributed by atoms with E-state index in [4.69, 9.17) is 10.7 Å². The summed E-state index contributed by atoms with van der Waals surface area (Å²) in [5.74, 6) is 1.54. The average molecular weight is 321 g/mol. The topological polar surface area (TPSA) is 68.2 Å². The zero-order chi connectivity index (χ0) is 17.1. The first-order valence-electron chi connectivity index (χ1n) is 8.09.